The van der Waals surface area contributed by atoms with Crippen LogP contribution < -0.4 is 16.0 Å². The maximum absolute atomic E-state index is 8.74. The molecule has 0 radical (unpaired) electrons. The highest BCUT2D eigenvalue weighted by Gasteiger charge is 1.95. The van der Waals surface area contributed by atoms with Gasteiger partial charge in [0.15, 0.2) is 0 Å². The molecule has 0 fully saturated rings. The van der Waals surface area contributed by atoms with E-state index in [1.165, 1.54) is 0 Å². The number of nitrogens with two attached hydrogens (primary N) is 1. The molecular formula is C9H16N2O5S. The molecule has 0 aliphatic heterocycles. The van der Waals surface area contributed by atoms with Crippen molar-refractivity contribution in [2.45, 2.75) is 6.92 Å². The van der Waals surface area contributed by atoms with Crippen molar-refractivity contribution in [3.8, 4) is 5.75 Å². The summed E-state index contributed by atoms with van der Waals surface area (Å²) in [4.78, 5) is 0. The molecule has 1 aromatic carbocycles. The van der Waals surface area contributed by atoms with Crippen molar-refractivity contribution in [3.63, 3.8) is 0 Å². The monoisotopic (exact) mass is 264 g/mol. The predicted octanol–water partition coefficient (Wildman–Crippen LogP) is 0.184. The first-order valence-corrected chi connectivity index (χ1v) is 6.06. The van der Waals surface area contributed by atoms with Gasteiger partial charge in [-0.2, -0.15) is 8.42 Å². The minimum atomic E-state index is -4.67. The van der Waals surface area contributed by atoms with Crippen LogP contribution in [0.1, 0.15) is 5.56 Å². The third kappa shape index (κ3) is 11.1. The van der Waals surface area contributed by atoms with Crippen molar-refractivity contribution in [2.75, 3.05) is 13.2 Å². The van der Waals surface area contributed by atoms with E-state index >= 15 is 0 Å². The van der Waals surface area contributed by atoms with Crippen molar-refractivity contribution < 1.29 is 22.3 Å². The molecule has 0 amide bonds. The molecule has 0 saturated carbocycles. The molecule has 0 heterocycles. The predicted molar refractivity (Wildman–Crippen MR) is 63.0 cm³/mol. The van der Waals surface area contributed by atoms with Crippen LogP contribution >= 0.6 is 0 Å². The highest BCUT2D eigenvalue weighted by molar-refractivity contribution is 7.79. The Hall–Kier alpha value is -1.19. The van der Waals surface area contributed by atoms with Crippen LogP contribution in [-0.2, 0) is 10.4 Å². The summed E-state index contributed by atoms with van der Waals surface area (Å²) in [6.07, 6.45) is 0. The van der Waals surface area contributed by atoms with Crippen molar-refractivity contribution in [3.05, 3.63) is 29.8 Å². The summed E-state index contributed by atoms with van der Waals surface area (Å²) >= 11 is 0. The number of nitrogens with one attached hydrogen (secondary N) is 1. The number of hydrogen-bond acceptors (Lipinski definition) is 5. The summed E-state index contributed by atoms with van der Waals surface area (Å²) in [5, 5.41) is 0. The van der Waals surface area contributed by atoms with Gasteiger partial charge in [-0.05, 0) is 18.6 Å². The largest absolute Gasteiger partial charge is 0.492 e. The van der Waals surface area contributed by atoms with Gasteiger partial charge in [0.2, 0.25) is 0 Å². The van der Waals surface area contributed by atoms with Crippen LogP contribution in [0.15, 0.2) is 24.3 Å². The summed E-state index contributed by atoms with van der Waals surface area (Å²) in [6, 6.07) is 7.92. The van der Waals surface area contributed by atoms with Gasteiger partial charge in [-0.15, -0.1) is 0 Å². The molecule has 17 heavy (non-hydrogen) atoms. The van der Waals surface area contributed by atoms with Gasteiger partial charge in [-0.3, -0.25) is 20.4 Å². The van der Waals surface area contributed by atoms with Gasteiger partial charge in [0.25, 0.3) is 0 Å². The van der Waals surface area contributed by atoms with E-state index in [9.17, 15) is 0 Å². The van der Waals surface area contributed by atoms with Crippen LogP contribution in [0.25, 0.3) is 0 Å². The smallest absolute Gasteiger partial charge is 0.394 e. The Bertz CT molecular complexity index is 413. The summed E-state index contributed by atoms with van der Waals surface area (Å²) in [5.41, 5.74) is 3.68. The lowest BCUT2D eigenvalue weighted by Crippen LogP contribution is -2.27. The second-order valence-electron chi connectivity index (χ2n) is 3.02. The van der Waals surface area contributed by atoms with E-state index in [2.05, 4.69) is 5.43 Å². The zero-order valence-corrected chi connectivity index (χ0v) is 10.1. The minimum Gasteiger partial charge on any atom is -0.492 e. The van der Waals surface area contributed by atoms with Crippen LogP contribution in [0, 0.1) is 6.92 Å². The maximum atomic E-state index is 8.74. The Morgan fingerprint density at radius 3 is 2.35 bits per heavy atom. The van der Waals surface area contributed by atoms with Crippen LogP contribution in [-0.4, -0.2) is 30.7 Å². The first-order chi connectivity index (χ1) is 7.84. The highest BCUT2D eigenvalue weighted by atomic mass is 32.3. The standard InChI is InChI=1S/C9H14N2O.H2O4S/c1-8-4-2-3-5-9(8)12-7-6-11-10;1-5(2,3)4/h2-5,11H,6-7,10H2,1H3;(H2,1,2,3,4). The first-order valence-electron chi connectivity index (χ1n) is 4.66. The maximum Gasteiger partial charge on any atom is 0.394 e. The molecule has 0 bridgehead atoms. The lowest BCUT2D eigenvalue weighted by atomic mass is 10.2. The Labute approximate surface area is 100 Å². The molecule has 1 aromatic rings. The molecule has 0 unspecified atom stereocenters. The van der Waals surface area contributed by atoms with Gasteiger partial charge in [-0.25, -0.2) is 0 Å². The molecule has 5 N–H and O–H groups in total. The van der Waals surface area contributed by atoms with E-state index in [1.54, 1.807) is 0 Å². The Balaban J connectivity index is 0.000000437. The molecule has 0 aromatic heterocycles. The minimum absolute atomic E-state index is 0.599. The lowest BCUT2D eigenvalue weighted by Gasteiger charge is -2.07. The third-order valence-corrected chi connectivity index (χ3v) is 1.60. The molecule has 0 saturated heterocycles. The van der Waals surface area contributed by atoms with E-state index in [0.717, 1.165) is 11.3 Å². The lowest BCUT2D eigenvalue weighted by molar-refractivity contribution is 0.313. The summed E-state index contributed by atoms with van der Waals surface area (Å²) < 4.78 is 37.0. The van der Waals surface area contributed by atoms with Crippen molar-refractivity contribution >= 4 is 10.4 Å². The van der Waals surface area contributed by atoms with Crippen LogP contribution in [0.3, 0.4) is 0 Å². The van der Waals surface area contributed by atoms with E-state index in [1.807, 2.05) is 31.2 Å². The van der Waals surface area contributed by atoms with E-state index in [-0.39, 0.29) is 0 Å². The number of aryl methyl sites for hydroxylation is 1. The van der Waals surface area contributed by atoms with E-state index in [4.69, 9.17) is 28.1 Å². The molecular weight excluding hydrogens is 248 g/mol. The summed E-state index contributed by atoms with van der Waals surface area (Å²) in [5.74, 6) is 6.02. The number of rotatable bonds is 4. The van der Waals surface area contributed by atoms with E-state index in [0.29, 0.717) is 13.2 Å². The summed E-state index contributed by atoms with van der Waals surface area (Å²) in [7, 11) is -4.67. The first kappa shape index (κ1) is 15.8. The Morgan fingerprint density at radius 1 is 1.35 bits per heavy atom. The third-order valence-electron chi connectivity index (χ3n) is 1.60. The molecule has 0 aliphatic rings. The second kappa shape index (κ2) is 7.98. The number of ether oxygens (including phenoxy) is 1. The van der Waals surface area contributed by atoms with Gasteiger partial charge in [-0.1, -0.05) is 18.2 Å². The highest BCUT2D eigenvalue weighted by Crippen LogP contribution is 2.15. The zero-order chi connectivity index (χ0) is 13.3. The van der Waals surface area contributed by atoms with Crippen LogP contribution in [0.5, 0.6) is 5.75 Å². The average Bonchev–Trinajstić information content (AvgIpc) is 2.19. The SMILES string of the molecule is Cc1ccccc1OCCNN.O=S(=O)(O)O. The molecule has 0 aliphatic carbocycles. The average molecular weight is 264 g/mol. The Morgan fingerprint density at radius 2 is 1.88 bits per heavy atom. The normalized spacial score (nSPS) is 10.4. The zero-order valence-electron chi connectivity index (χ0n) is 9.33. The van der Waals surface area contributed by atoms with Crippen LogP contribution in [0.2, 0.25) is 0 Å². The van der Waals surface area contributed by atoms with Crippen LogP contribution in [0.4, 0.5) is 0 Å². The number of para-hydroxylation sites is 1. The van der Waals surface area contributed by atoms with Gasteiger partial charge < -0.3 is 4.74 Å². The summed E-state index contributed by atoms with van der Waals surface area (Å²) in [6.45, 7) is 3.28. The van der Waals surface area contributed by atoms with Gasteiger partial charge in [0.05, 0.1) is 0 Å². The number of hydrogen-bond donors (Lipinski definition) is 4. The number of hydrazine groups is 1. The van der Waals surface area contributed by atoms with Crippen molar-refractivity contribution in [1.29, 1.82) is 0 Å². The topological polar surface area (TPSA) is 122 Å². The molecule has 7 nitrogen and oxygen atoms in total. The quantitative estimate of drug-likeness (QED) is 0.265. The van der Waals surface area contributed by atoms with Crippen molar-refractivity contribution in [2.24, 2.45) is 5.84 Å². The molecule has 8 heteroatoms. The fraction of sp³-hybridized carbons (Fsp3) is 0.333. The molecule has 0 spiro atoms. The van der Waals surface area contributed by atoms with Gasteiger partial charge >= 0.3 is 10.4 Å². The number of benzene rings is 1. The second-order valence-corrected chi connectivity index (χ2v) is 3.91. The fourth-order valence-corrected chi connectivity index (χ4v) is 0.938. The van der Waals surface area contributed by atoms with Crippen molar-refractivity contribution in [1.82, 2.24) is 5.43 Å². The van der Waals surface area contributed by atoms with E-state index < -0.39 is 10.4 Å². The van der Waals surface area contributed by atoms with Gasteiger partial charge in [0.1, 0.15) is 12.4 Å². The molecule has 1 rings (SSSR count). The fourth-order valence-electron chi connectivity index (χ4n) is 0.938. The van der Waals surface area contributed by atoms with Gasteiger partial charge in [0, 0.05) is 6.54 Å². The Kier molecular flexibility index (Phi) is 7.42. The molecule has 98 valence electrons. The molecule has 0 atom stereocenters.